The summed E-state index contributed by atoms with van der Waals surface area (Å²) in [4.78, 5) is 6.86. The number of H-pyrrole nitrogens is 1. The molecule has 19 heavy (non-hydrogen) atoms. The van der Waals surface area contributed by atoms with E-state index in [9.17, 15) is 13.0 Å². The van der Waals surface area contributed by atoms with Gasteiger partial charge in [-0.1, -0.05) is 45.6 Å². The molecule has 0 aromatic carbocycles. The number of aromatic amines is 1. The highest BCUT2D eigenvalue weighted by atomic mass is 32.2. The van der Waals surface area contributed by atoms with Gasteiger partial charge in [0.1, 0.15) is 11.1 Å². The van der Waals surface area contributed by atoms with Crippen molar-refractivity contribution in [2.75, 3.05) is 0 Å². The monoisotopic (exact) mass is 286 g/mol. The highest BCUT2D eigenvalue weighted by Gasteiger charge is 2.27. The van der Waals surface area contributed by atoms with Gasteiger partial charge in [0.2, 0.25) is 0 Å². The molecule has 1 heterocycles. The molecule has 2 N–H and O–H groups in total. The summed E-state index contributed by atoms with van der Waals surface area (Å²) in [6.45, 7) is 5.70. The third kappa shape index (κ3) is 5.16. The predicted octanol–water partition coefficient (Wildman–Crippen LogP) is 3.34. The molecular formula is C13H22N2O3S. The zero-order valence-corrected chi connectivity index (χ0v) is 12.1. The summed E-state index contributed by atoms with van der Waals surface area (Å²) in [5.41, 5.74) is 0.648. The van der Waals surface area contributed by atoms with E-state index in [1.807, 2.05) is 0 Å². The quantitative estimate of drug-likeness (QED) is 0.538. The molecule has 5 nitrogen and oxygen atoms in total. The van der Waals surface area contributed by atoms with Gasteiger partial charge < -0.3 is 4.98 Å². The molecule has 1 atom stereocenters. The zero-order valence-electron chi connectivity index (χ0n) is 11.3. The topological polar surface area (TPSA) is 83.1 Å². The van der Waals surface area contributed by atoms with Crippen molar-refractivity contribution >= 4 is 16.2 Å². The molecule has 1 rings (SSSR count). The van der Waals surface area contributed by atoms with Gasteiger partial charge in [0, 0.05) is 0 Å². The number of nitrogens with zero attached hydrogens (tertiary/aromatic N) is 1. The summed E-state index contributed by atoms with van der Waals surface area (Å²) in [5, 5.41) is -0.970. The van der Waals surface area contributed by atoms with Crippen LogP contribution in [0.4, 0.5) is 0 Å². The van der Waals surface area contributed by atoms with Crippen molar-refractivity contribution in [2.24, 2.45) is 0 Å². The van der Waals surface area contributed by atoms with Gasteiger partial charge >= 0.3 is 0 Å². The second-order valence-electron chi connectivity index (χ2n) is 4.63. The summed E-state index contributed by atoms with van der Waals surface area (Å²) in [6, 6.07) is 0. The van der Waals surface area contributed by atoms with E-state index in [1.165, 1.54) is 6.20 Å². The molecule has 0 fully saturated rings. The Hall–Kier alpha value is -1.14. The number of imidazole rings is 1. The van der Waals surface area contributed by atoms with E-state index >= 15 is 0 Å². The smallest absolute Gasteiger partial charge is 0.275 e. The number of nitrogens with one attached hydrogen (secondary N) is 1. The summed E-state index contributed by atoms with van der Waals surface area (Å²) in [6.07, 6.45) is 8.55. The maximum Gasteiger partial charge on any atom is 0.275 e. The maximum atomic E-state index is 11.4. The van der Waals surface area contributed by atoms with E-state index in [1.54, 1.807) is 6.08 Å². The Labute approximate surface area is 114 Å². The molecular weight excluding hydrogens is 264 g/mol. The lowest BCUT2D eigenvalue weighted by Crippen LogP contribution is -2.14. The standard InChI is InChI=1S/C13H22N2O3S/c1-3-5-6-7-8-9-12(19(16,17)18)13-14-10-11(4-2)15-13/h4,10,12H,2-3,5-9H2,1H3,(H,14,15)(H,16,17,18). The summed E-state index contributed by atoms with van der Waals surface area (Å²) >= 11 is 0. The maximum absolute atomic E-state index is 11.4. The largest absolute Gasteiger partial charge is 0.341 e. The first-order valence-electron chi connectivity index (χ1n) is 6.62. The number of hydrogen-bond donors (Lipinski definition) is 2. The molecule has 0 aliphatic rings. The van der Waals surface area contributed by atoms with Crippen LogP contribution >= 0.6 is 0 Å². The molecule has 0 bridgehead atoms. The summed E-state index contributed by atoms with van der Waals surface area (Å²) in [5.74, 6) is 0.285. The van der Waals surface area contributed by atoms with Crippen LogP contribution in [0.2, 0.25) is 0 Å². The van der Waals surface area contributed by atoms with Gasteiger partial charge in [-0.2, -0.15) is 8.42 Å². The van der Waals surface area contributed by atoms with E-state index < -0.39 is 15.4 Å². The van der Waals surface area contributed by atoms with Crippen LogP contribution in [0, 0.1) is 0 Å². The molecule has 6 heteroatoms. The number of aromatic nitrogens is 2. The highest BCUT2D eigenvalue weighted by molar-refractivity contribution is 7.86. The van der Waals surface area contributed by atoms with E-state index in [4.69, 9.17) is 0 Å². The highest BCUT2D eigenvalue weighted by Crippen LogP contribution is 2.25. The van der Waals surface area contributed by atoms with Crippen molar-refractivity contribution in [3.05, 3.63) is 24.3 Å². The third-order valence-corrected chi connectivity index (χ3v) is 4.25. The molecule has 1 unspecified atom stereocenters. The molecule has 0 radical (unpaired) electrons. The first kappa shape index (κ1) is 15.9. The normalized spacial score (nSPS) is 13.4. The lowest BCUT2D eigenvalue weighted by molar-refractivity contribution is 0.455. The van der Waals surface area contributed by atoms with Crippen molar-refractivity contribution < 1.29 is 13.0 Å². The number of rotatable bonds is 9. The second kappa shape index (κ2) is 7.45. The van der Waals surface area contributed by atoms with Gasteiger partial charge in [-0.25, -0.2) is 4.98 Å². The van der Waals surface area contributed by atoms with Crippen LogP contribution in [-0.4, -0.2) is 22.9 Å². The molecule has 1 aromatic heterocycles. The number of unbranched alkanes of at least 4 members (excludes halogenated alkanes) is 4. The van der Waals surface area contributed by atoms with Gasteiger partial charge in [-0.3, -0.25) is 4.55 Å². The minimum Gasteiger partial charge on any atom is -0.341 e. The van der Waals surface area contributed by atoms with Crippen LogP contribution in [0.1, 0.15) is 62.2 Å². The van der Waals surface area contributed by atoms with E-state index in [-0.39, 0.29) is 5.82 Å². The molecule has 0 aliphatic carbocycles. The van der Waals surface area contributed by atoms with Crippen LogP contribution in [0.25, 0.3) is 6.08 Å². The molecule has 0 aliphatic heterocycles. The van der Waals surface area contributed by atoms with Crippen LogP contribution in [0.3, 0.4) is 0 Å². The Morgan fingerprint density at radius 3 is 2.63 bits per heavy atom. The Morgan fingerprint density at radius 2 is 2.11 bits per heavy atom. The molecule has 0 spiro atoms. The van der Waals surface area contributed by atoms with Gasteiger partial charge in [0.25, 0.3) is 10.1 Å². The first-order valence-corrected chi connectivity index (χ1v) is 8.13. The van der Waals surface area contributed by atoms with E-state index in [0.29, 0.717) is 12.1 Å². The lowest BCUT2D eigenvalue weighted by Gasteiger charge is -2.11. The molecule has 0 saturated carbocycles. The Bertz CT molecular complexity index is 494. The fraction of sp³-hybridized carbons (Fsp3) is 0.615. The summed E-state index contributed by atoms with van der Waals surface area (Å²) < 4.78 is 32.1. The van der Waals surface area contributed by atoms with Crippen molar-refractivity contribution in [1.29, 1.82) is 0 Å². The van der Waals surface area contributed by atoms with Gasteiger partial charge in [0.05, 0.1) is 11.9 Å². The average Bonchev–Trinajstić information content (AvgIpc) is 2.80. The van der Waals surface area contributed by atoms with Crippen LogP contribution in [0.15, 0.2) is 12.8 Å². The van der Waals surface area contributed by atoms with Crippen molar-refractivity contribution in [3.63, 3.8) is 0 Å². The SMILES string of the molecule is C=Cc1cnc(C(CCCCCCC)S(=O)(=O)O)[nH]1. The molecule has 1 aromatic rings. The Morgan fingerprint density at radius 1 is 1.42 bits per heavy atom. The van der Waals surface area contributed by atoms with Crippen LogP contribution in [-0.2, 0) is 10.1 Å². The predicted molar refractivity (Wildman–Crippen MR) is 76.3 cm³/mol. The minimum atomic E-state index is -4.13. The van der Waals surface area contributed by atoms with Gasteiger partial charge in [-0.05, 0) is 12.5 Å². The Balaban J connectivity index is 2.65. The fourth-order valence-corrected chi connectivity index (χ4v) is 2.85. The van der Waals surface area contributed by atoms with Gasteiger partial charge in [-0.15, -0.1) is 0 Å². The van der Waals surface area contributed by atoms with E-state index in [2.05, 4.69) is 23.5 Å². The minimum absolute atomic E-state index is 0.285. The molecule has 0 amide bonds. The average molecular weight is 286 g/mol. The zero-order chi connectivity index (χ0) is 14.3. The first-order chi connectivity index (χ1) is 8.99. The third-order valence-electron chi connectivity index (χ3n) is 3.07. The fourth-order valence-electron chi connectivity index (χ4n) is 1.98. The van der Waals surface area contributed by atoms with Crippen molar-refractivity contribution in [1.82, 2.24) is 9.97 Å². The van der Waals surface area contributed by atoms with Crippen LogP contribution < -0.4 is 0 Å². The Kier molecular flexibility index (Phi) is 6.24. The second-order valence-corrected chi connectivity index (χ2v) is 6.23. The summed E-state index contributed by atoms with van der Waals surface area (Å²) in [7, 11) is -4.13. The molecule has 108 valence electrons. The van der Waals surface area contributed by atoms with E-state index in [0.717, 1.165) is 32.1 Å². The molecule has 0 saturated heterocycles. The number of hydrogen-bond acceptors (Lipinski definition) is 3. The van der Waals surface area contributed by atoms with Crippen LogP contribution in [0.5, 0.6) is 0 Å². The lowest BCUT2D eigenvalue weighted by atomic mass is 10.1. The van der Waals surface area contributed by atoms with Crippen molar-refractivity contribution in [2.45, 2.75) is 50.7 Å². The van der Waals surface area contributed by atoms with Crippen molar-refractivity contribution in [3.8, 4) is 0 Å². The van der Waals surface area contributed by atoms with Gasteiger partial charge in [0.15, 0.2) is 0 Å².